The number of hydrogen-bond acceptors (Lipinski definition) is 2. The van der Waals surface area contributed by atoms with Gasteiger partial charge in [-0.1, -0.05) is 33.1 Å². The lowest BCUT2D eigenvalue weighted by atomic mass is 9.89. The van der Waals surface area contributed by atoms with E-state index in [-0.39, 0.29) is 6.04 Å². The summed E-state index contributed by atoms with van der Waals surface area (Å²) in [6, 6.07) is 2.32. The molecular weight excluding hydrogens is 198 g/mol. The minimum atomic E-state index is 0.256. The Bertz CT molecular complexity index is 293. The van der Waals surface area contributed by atoms with Crippen molar-refractivity contribution in [2.75, 3.05) is 0 Å². The third-order valence-corrected chi connectivity index (χ3v) is 3.27. The van der Waals surface area contributed by atoms with Gasteiger partial charge in [0.05, 0.1) is 5.69 Å². The predicted molar refractivity (Wildman–Crippen MR) is 68.2 cm³/mol. The molecule has 0 saturated carbocycles. The molecule has 16 heavy (non-hydrogen) atoms. The molecule has 92 valence electrons. The summed E-state index contributed by atoms with van der Waals surface area (Å²) in [6.45, 7) is 4.47. The first-order valence-corrected chi connectivity index (χ1v) is 6.41. The van der Waals surface area contributed by atoms with Crippen molar-refractivity contribution in [2.24, 2.45) is 18.7 Å². The monoisotopic (exact) mass is 223 g/mol. The van der Waals surface area contributed by atoms with Gasteiger partial charge in [-0.25, -0.2) is 0 Å². The SMILES string of the molecule is CCCCC(CC)C(N)Cc1ccn(C)n1. The van der Waals surface area contributed by atoms with Crippen molar-refractivity contribution in [3.63, 3.8) is 0 Å². The van der Waals surface area contributed by atoms with Crippen LogP contribution in [0.3, 0.4) is 0 Å². The highest BCUT2D eigenvalue weighted by molar-refractivity contribution is 5.01. The van der Waals surface area contributed by atoms with Gasteiger partial charge in [-0.3, -0.25) is 4.68 Å². The largest absolute Gasteiger partial charge is 0.327 e. The molecule has 1 heterocycles. The van der Waals surface area contributed by atoms with E-state index in [4.69, 9.17) is 5.73 Å². The maximum Gasteiger partial charge on any atom is 0.0640 e. The van der Waals surface area contributed by atoms with Gasteiger partial charge in [-0.05, 0) is 18.4 Å². The molecule has 3 heteroatoms. The standard InChI is InChI=1S/C13H25N3/c1-4-6-7-11(5-2)13(14)10-12-8-9-16(3)15-12/h8-9,11,13H,4-7,10,14H2,1-3H3. The molecule has 0 aliphatic carbocycles. The number of nitrogens with two attached hydrogens (primary N) is 1. The van der Waals surface area contributed by atoms with Crippen LogP contribution in [0, 0.1) is 5.92 Å². The highest BCUT2D eigenvalue weighted by Crippen LogP contribution is 2.18. The summed E-state index contributed by atoms with van der Waals surface area (Å²) >= 11 is 0. The van der Waals surface area contributed by atoms with Crippen molar-refractivity contribution in [3.8, 4) is 0 Å². The van der Waals surface area contributed by atoms with Crippen LogP contribution in [0.15, 0.2) is 12.3 Å². The quantitative estimate of drug-likeness (QED) is 0.772. The Balaban J connectivity index is 2.45. The van der Waals surface area contributed by atoms with Gasteiger partial charge >= 0.3 is 0 Å². The Labute approximate surface area is 99.0 Å². The van der Waals surface area contributed by atoms with Crippen LogP contribution < -0.4 is 5.73 Å². The van der Waals surface area contributed by atoms with Crippen molar-refractivity contribution in [3.05, 3.63) is 18.0 Å². The van der Waals surface area contributed by atoms with Crippen LogP contribution in [0.4, 0.5) is 0 Å². The third-order valence-electron chi connectivity index (χ3n) is 3.27. The van der Waals surface area contributed by atoms with Gasteiger partial charge in [0, 0.05) is 25.7 Å². The van der Waals surface area contributed by atoms with Crippen molar-refractivity contribution >= 4 is 0 Å². The average molecular weight is 223 g/mol. The molecule has 0 aliphatic rings. The minimum absolute atomic E-state index is 0.256. The van der Waals surface area contributed by atoms with Crippen molar-refractivity contribution in [1.82, 2.24) is 9.78 Å². The zero-order chi connectivity index (χ0) is 12.0. The van der Waals surface area contributed by atoms with Gasteiger partial charge in [0.25, 0.3) is 0 Å². The second kappa shape index (κ2) is 6.69. The Morgan fingerprint density at radius 3 is 2.69 bits per heavy atom. The molecule has 0 fully saturated rings. The molecule has 0 aliphatic heterocycles. The van der Waals surface area contributed by atoms with E-state index in [0.29, 0.717) is 5.92 Å². The zero-order valence-corrected chi connectivity index (χ0v) is 10.8. The molecule has 0 amide bonds. The number of aryl methyl sites for hydroxylation is 1. The molecule has 2 atom stereocenters. The summed E-state index contributed by atoms with van der Waals surface area (Å²) in [7, 11) is 1.95. The number of hydrogen-bond donors (Lipinski definition) is 1. The lowest BCUT2D eigenvalue weighted by Gasteiger charge is -2.21. The summed E-state index contributed by atoms with van der Waals surface area (Å²) in [5.41, 5.74) is 7.38. The first-order valence-electron chi connectivity index (χ1n) is 6.41. The highest BCUT2D eigenvalue weighted by atomic mass is 15.2. The van der Waals surface area contributed by atoms with E-state index in [0.717, 1.165) is 12.1 Å². The molecular formula is C13H25N3. The molecule has 1 rings (SSSR count). The lowest BCUT2D eigenvalue weighted by Crippen LogP contribution is -2.32. The van der Waals surface area contributed by atoms with E-state index >= 15 is 0 Å². The second-order valence-electron chi connectivity index (χ2n) is 4.66. The Kier molecular flexibility index (Phi) is 5.53. The Hall–Kier alpha value is -0.830. The number of nitrogens with zero attached hydrogens (tertiary/aromatic N) is 2. The van der Waals surface area contributed by atoms with Gasteiger partial charge in [0.1, 0.15) is 0 Å². The Morgan fingerprint density at radius 1 is 1.44 bits per heavy atom. The van der Waals surface area contributed by atoms with E-state index in [2.05, 4.69) is 25.0 Å². The van der Waals surface area contributed by atoms with Gasteiger partial charge in [0.2, 0.25) is 0 Å². The maximum absolute atomic E-state index is 6.26. The van der Waals surface area contributed by atoms with E-state index < -0.39 is 0 Å². The van der Waals surface area contributed by atoms with Gasteiger partial charge < -0.3 is 5.73 Å². The van der Waals surface area contributed by atoms with Crippen molar-refractivity contribution in [1.29, 1.82) is 0 Å². The molecule has 2 N–H and O–H groups in total. The molecule has 3 nitrogen and oxygen atoms in total. The van der Waals surface area contributed by atoms with Crippen LogP contribution in [0.25, 0.3) is 0 Å². The second-order valence-corrected chi connectivity index (χ2v) is 4.66. The maximum atomic E-state index is 6.26. The molecule has 0 bridgehead atoms. The van der Waals surface area contributed by atoms with Gasteiger partial charge in [-0.15, -0.1) is 0 Å². The highest BCUT2D eigenvalue weighted by Gasteiger charge is 2.16. The molecule has 0 spiro atoms. The third kappa shape index (κ3) is 3.97. The summed E-state index contributed by atoms with van der Waals surface area (Å²) in [5.74, 6) is 0.641. The minimum Gasteiger partial charge on any atom is -0.327 e. The normalized spacial score (nSPS) is 15.0. The average Bonchev–Trinajstić information content (AvgIpc) is 2.65. The fourth-order valence-electron chi connectivity index (χ4n) is 2.17. The van der Waals surface area contributed by atoms with Crippen LogP contribution in [0.5, 0.6) is 0 Å². The van der Waals surface area contributed by atoms with Crippen LogP contribution in [0.1, 0.15) is 45.2 Å². The molecule has 0 aromatic carbocycles. The zero-order valence-electron chi connectivity index (χ0n) is 10.8. The van der Waals surface area contributed by atoms with Crippen LogP contribution in [0.2, 0.25) is 0 Å². The molecule has 0 saturated heterocycles. The summed E-state index contributed by atoms with van der Waals surface area (Å²) in [6.07, 6.45) is 7.86. The molecule has 2 unspecified atom stereocenters. The van der Waals surface area contributed by atoms with E-state index in [1.54, 1.807) is 0 Å². The van der Waals surface area contributed by atoms with Crippen LogP contribution >= 0.6 is 0 Å². The summed E-state index contributed by atoms with van der Waals surface area (Å²) < 4.78 is 1.84. The molecule has 1 aromatic heterocycles. The number of unbranched alkanes of at least 4 members (excludes halogenated alkanes) is 1. The van der Waals surface area contributed by atoms with Crippen molar-refractivity contribution in [2.45, 2.75) is 52.0 Å². The summed E-state index contributed by atoms with van der Waals surface area (Å²) in [4.78, 5) is 0. The molecule has 0 radical (unpaired) electrons. The van der Waals surface area contributed by atoms with Crippen molar-refractivity contribution < 1.29 is 0 Å². The fourth-order valence-corrected chi connectivity index (χ4v) is 2.17. The van der Waals surface area contributed by atoms with Crippen LogP contribution in [-0.2, 0) is 13.5 Å². The van der Waals surface area contributed by atoms with Crippen LogP contribution in [-0.4, -0.2) is 15.8 Å². The predicted octanol–water partition coefficient (Wildman–Crippen LogP) is 2.51. The molecule has 1 aromatic rings. The van der Waals surface area contributed by atoms with E-state index in [1.165, 1.54) is 25.7 Å². The van der Waals surface area contributed by atoms with E-state index in [1.807, 2.05) is 17.9 Å². The van der Waals surface area contributed by atoms with Gasteiger partial charge in [0.15, 0.2) is 0 Å². The van der Waals surface area contributed by atoms with Gasteiger partial charge in [-0.2, -0.15) is 5.10 Å². The topological polar surface area (TPSA) is 43.8 Å². The Morgan fingerprint density at radius 2 is 2.19 bits per heavy atom. The summed E-state index contributed by atoms with van der Waals surface area (Å²) in [5, 5.41) is 4.38. The van der Waals surface area contributed by atoms with E-state index in [9.17, 15) is 0 Å². The lowest BCUT2D eigenvalue weighted by molar-refractivity contribution is 0.366. The first kappa shape index (κ1) is 13.2. The first-order chi connectivity index (χ1) is 7.67. The number of aromatic nitrogens is 2. The smallest absolute Gasteiger partial charge is 0.0640 e. The number of rotatable bonds is 7. The fraction of sp³-hybridized carbons (Fsp3) is 0.769.